The number of aliphatic imine (C=N–C) groups is 1. The average molecular weight is 571 g/mol. The Morgan fingerprint density at radius 3 is 2.45 bits per heavy atom. The van der Waals surface area contributed by atoms with Crippen molar-refractivity contribution in [2.24, 2.45) is 4.99 Å². The molecule has 0 bridgehead atoms. The molecule has 8 heteroatoms. The number of nitrogens with zero attached hydrogens (tertiary/aromatic N) is 4. The smallest absolute Gasteiger partial charge is 0.222 e. The fourth-order valence-electron chi connectivity index (χ4n) is 4.49. The Hall–Kier alpha value is -1.39. The summed E-state index contributed by atoms with van der Waals surface area (Å²) in [6.07, 6.45) is 3.87. The Balaban J connectivity index is 0.00000385. The van der Waals surface area contributed by atoms with E-state index >= 15 is 0 Å². The number of unbranched alkanes of at least 4 members (excludes halogenated alkanes) is 1. The van der Waals surface area contributed by atoms with Crippen LogP contribution in [0.1, 0.15) is 45.1 Å². The molecule has 2 heterocycles. The number of likely N-dealkylation sites (tertiary alicyclic amines) is 1. The molecule has 0 aromatic heterocycles. The summed E-state index contributed by atoms with van der Waals surface area (Å²) in [6.45, 7) is 14.2. The largest absolute Gasteiger partial charge is 0.357 e. The van der Waals surface area contributed by atoms with Crippen molar-refractivity contribution < 1.29 is 4.79 Å². The SMILES string of the molecule is CCNC(=NCCCCN1CCN(Cc2ccccc2)CC1)NC1CCN(C(=O)CC)C1.I. The van der Waals surface area contributed by atoms with Crippen LogP contribution in [0.3, 0.4) is 0 Å². The molecular weight excluding hydrogens is 527 g/mol. The fourth-order valence-corrected chi connectivity index (χ4v) is 4.49. The van der Waals surface area contributed by atoms with Crippen molar-refractivity contribution >= 4 is 35.8 Å². The number of halogens is 1. The number of benzene rings is 1. The molecule has 2 N–H and O–H groups in total. The van der Waals surface area contributed by atoms with Gasteiger partial charge in [0.05, 0.1) is 0 Å². The number of hydrogen-bond acceptors (Lipinski definition) is 4. The second-order valence-corrected chi connectivity index (χ2v) is 8.89. The van der Waals surface area contributed by atoms with E-state index in [-0.39, 0.29) is 29.9 Å². The molecule has 2 fully saturated rings. The molecule has 0 spiro atoms. The highest BCUT2D eigenvalue weighted by Gasteiger charge is 2.25. The Morgan fingerprint density at radius 1 is 1.03 bits per heavy atom. The maximum absolute atomic E-state index is 11.9. The Morgan fingerprint density at radius 2 is 1.76 bits per heavy atom. The van der Waals surface area contributed by atoms with Crippen molar-refractivity contribution in [3.8, 4) is 0 Å². The third kappa shape index (κ3) is 9.78. The van der Waals surface area contributed by atoms with Gasteiger partial charge in [-0.15, -0.1) is 24.0 Å². The van der Waals surface area contributed by atoms with E-state index < -0.39 is 0 Å². The van der Waals surface area contributed by atoms with Crippen LogP contribution >= 0.6 is 24.0 Å². The van der Waals surface area contributed by atoms with E-state index in [2.05, 4.69) is 57.7 Å². The molecule has 1 unspecified atom stereocenters. The zero-order chi connectivity index (χ0) is 22.6. The molecule has 2 aliphatic heterocycles. The van der Waals surface area contributed by atoms with Crippen LogP contribution in [-0.4, -0.2) is 91.5 Å². The Labute approximate surface area is 217 Å². The third-order valence-electron chi connectivity index (χ3n) is 6.39. The van der Waals surface area contributed by atoms with E-state index in [1.54, 1.807) is 0 Å². The molecule has 1 aromatic carbocycles. The molecule has 2 aliphatic rings. The van der Waals surface area contributed by atoms with E-state index in [0.29, 0.717) is 12.5 Å². The first kappa shape index (κ1) is 27.9. The van der Waals surface area contributed by atoms with Crippen molar-refractivity contribution in [3.63, 3.8) is 0 Å². The van der Waals surface area contributed by atoms with E-state index in [4.69, 9.17) is 4.99 Å². The van der Waals surface area contributed by atoms with E-state index in [1.165, 1.54) is 12.0 Å². The summed E-state index contributed by atoms with van der Waals surface area (Å²) in [4.78, 5) is 23.8. The molecule has 33 heavy (non-hydrogen) atoms. The number of rotatable bonds is 10. The molecule has 0 radical (unpaired) electrons. The molecule has 186 valence electrons. The lowest BCUT2D eigenvalue weighted by atomic mass is 10.2. The predicted molar refractivity (Wildman–Crippen MR) is 147 cm³/mol. The molecule has 1 aromatic rings. The highest BCUT2D eigenvalue weighted by Crippen LogP contribution is 2.11. The first-order valence-corrected chi connectivity index (χ1v) is 12.5. The maximum atomic E-state index is 11.9. The summed E-state index contributed by atoms with van der Waals surface area (Å²) in [5.41, 5.74) is 1.41. The number of nitrogens with one attached hydrogen (secondary N) is 2. The summed E-state index contributed by atoms with van der Waals surface area (Å²) in [5.74, 6) is 1.13. The van der Waals surface area contributed by atoms with Crippen molar-refractivity contribution in [2.75, 3.05) is 58.9 Å². The summed E-state index contributed by atoms with van der Waals surface area (Å²) >= 11 is 0. The first-order valence-electron chi connectivity index (χ1n) is 12.5. The number of guanidine groups is 1. The quantitative estimate of drug-likeness (QED) is 0.196. The fraction of sp³-hybridized carbons (Fsp3) is 0.680. The third-order valence-corrected chi connectivity index (χ3v) is 6.39. The highest BCUT2D eigenvalue weighted by molar-refractivity contribution is 14.0. The minimum Gasteiger partial charge on any atom is -0.357 e. The molecule has 0 aliphatic carbocycles. The van der Waals surface area contributed by atoms with Gasteiger partial charge in [0.15, 0.2) is 5.96 Å². The zero-order valence-corrected chi connectivity index (χ0v) is 22.8. The highest BCUT2D eigenvalue weighted by atomic mass is 127. The molecule has 2 saturated heterocycles. The summed E-state index contributed by atoms with van der Waals surface area (Å²) in [6, 6.07) is 11.1. The van der Waals surface area contributed by atoms with Crippen LogP contribution in [0, 0.1) is 0 Å². The summed E-state index contributed by atoms with van der Waals surface area (Å²) in [7, 11) is 0. The lowest BCUT2D eigenvalue weighted by Gasteiger charge is -2.34. The van der Waals surface area contributed by atoms with Gasteiger partial charge in [-0.25, -0.2) is 0 Å². The standard InChI is InChI=1S/C25H42N6O.HI/c1-3-24(32)31-15-12-23(21-31)28-25(26-4-2)27-13-8-9-14-29-16-18-30(19-17-29)20-22-10-6-5-7-11-22;/h5-7,10-11,23H,3-4,8-9,12-21H2,1-2H3,(H2,26,27,28);1H. The van der Waals surface area contributed by atoms with E-state index in [9.17, 15) is 4.79 Å². The first-order chi connectivity index (χ1) is 15.7. The van der Waals surface area contributed by atoms with E-state index in [0.717, 1.165) is 84.2 Å². The average Bonchev–Trinajstić information content (AvgIpc) is 3.29. The normalized spacial score (nSPS) is 19.9. The van der Waals surface area contributed by atoms with Crippen LogP contribution in [0.4, 0.5) is 0 Å². The minimum absolute atomic E-state index is 0. The van der Waals surface area contributed by atoms with Crippen molar-refractivity contribution in [1.29, 1.82) is 0 Å². The lowest BCUT2D eigenvalue weighted by molar-refractivity contribution is -0.129. The van der Waals surface area contributed by atoms with Crippen LogP contribution in [0.15, 0.2) is 35.3 Å². The lowest BCUT2D eigenvalue weighted by Crippen LogP contribution is -2.46. The maximum Gasteiger partial charge on any atom is 0.222 e. The van der Waals surface area contributed by atoms with Crippen LogP contribution < -0.4 is 10.6 Å². The van der Waals surface area contributed by atoms with Crippen molar-refractivity contribution in [2.45, 2.75) is 52.1 Å². The Kier molecular flexibility index (Phi) is 13.1. The van der Waals surface area contributed by atoms with Gasteiger partial charge in [-0.05, 0) is 38.3 Å². The molecule has 1 atom stereocenters. The van der Waals surface area contributed by atoms with Gasteiger partial charge in [-0.3, -0.25) is 14.7 Å². The molecule has 3 rings (SSSR count). The number of carbonyl (C=O) groups excluding carboxylic acids is 1. The second kappa shape index (κ2) is 15.5. The van der Waals surface area contributed by atoms with Gasteiger partial charge in [0.1, 0.15) is 0 Å². The number of piperazine rings is 1. The molecular formula is C25H43IN6O. The number of hydrogen-bond donors (Lipinski definition) is 2. The van der Waals surface area contributed by atoms with Gasteiger partial charge in [0.2, 0.25) is 5.91 Å². The minimum atomic E-state index is 0. The van der Waals surface area contributed by atoms with Gasteiger partial charge in [0.25, 0.3) is 0 Å². The summed E-state index contributed by atoms with van der Waals surface area (Å²) < 4.78 is 0. The molecule has 7 nitrogen and oxygen atoms in total. The van der Waals surface area contributed by atoms with Crippen LogP contribution in [0.5, 0.6) is 0 Å². The van der Waals surface area contributed by atoms with Crippen molar-refractivity contribution in [3.05, 3.63) is 35.9 Å². The van der Waals surface area contributed by atoms with Gasteiger partial charge >= 0.3 is 0 Å². The van der Waals surface area contributed by atoms with Gasteiger partial charge < -0.3 is 20.4 Å². The Bertz CT molecular complexity index is 708. The number of carbonyl (C=O) groups is 1. The van der Waals surface area contributed by atoms with Crippen molar-refractivity contribution in [1.82, 2.24) is 25.3 Å². The van der Waals surface area contributed by atoms with Crippen LogP contribution in [0.2, 0.25) is 0 Å². The van der Waals surface area contributed by atoms with E-state index in [1.807, 2.05) is 11.8 Å². The second-order valence-electron chi connectivity index (χ2n) is 8.89. The zero-order valence-electron chi connectivity index (χ0n) is 20.5. The predicted octanol–water partition coefficient (Wildman–Crippen LogP) is 2.77. The number of amides is 1. The topological polar surface area (TPSA) is 63.2 Å². The summed E-state index contributed by atoms with van der Waals surface area (Å²) in [5, 5.41) is 6.87. The molecule has 0 saturated carbocycles. The molecule has 1 amide bonds. The van der Waals surface area contributed by atoms with Gasteiger partial charge in [-0.1, -0.05) is 37.3 Å². The van der Waals surface area contributed by atoms with Gasteiger partial charge in [0, 0.05) is 71.4 Å². The van der Waals surface area contributed by atoms with Crippen LogP contribution in [-0.2, 0) is 11.3 Å². The van der Waals surface area contributed by atoms with Gasteiger partial charge in [-0.2, -0.15) is 0 Å². The monoisotopic (exact) mass is 570 g/mol. The van der Waals surface area contributed by atoms with Crippen LogP contribution in [0.25, 0.3) is 0 Å².